The zero-order valence-corrected chi connectivity index (χ0v) is 8.60. The number of benzene rings is 1. The van der Waals surface area contributed by atoms with Gasteiger partial charge in [-0.3, -0.25) is 9.59 Å². The summed E-state index contributed by atoms with van der Waals surface area (Å²) >= 11 is 0. The first-order valence-electron chi connectivity index (χ1n) is 4.73. The molecule has 1 N–H and O–H groups in total. The molecule has 0 fully saturated rings. The van der Waals surface area contributed by atoms with Gasteiger partial charge in [-0.25, -0.2) is 4.99 Å². The van der Waals surface area contributed by atoms with Crippen LogP contribution in [0.4, 0.5) is 0 Å². The first-order chi connectivity index (χ1) is 7.61. The monoisotopic (exact) mass is 215 g/mol. The second-order valence-corrected chi connectivity index (χ2v) is 3.41. The summed E-state index contributed by atoms with van der Waals surface area (Å²) in [7, 11) is 0. The van der Waals surface area contributed by atoms with Gasteiger partial charge in [0.2, 0.25) is 5.91 Å². The quantitative estimate of drug-likeness (QED) is 0.726. The zero-order chi connectivity index (χ0) is 11.7. The highest BCUT2D eigenvalue weighted by atomic mass is 16.3. The van der Waals surface area contributed by atoms with E-state index < -0.39 is 5.91 Å². The Morgan fingerprint density at radius 2 is 1.94 bits per heavy atom. The summed E-state index contributed by atoms with van der Waals surface area (Å²) < 4.78 is 0. The molecule has 0 unspecified atom stereocenters. The summed E-state index contributed by atoms with van der Waals surface area (Å²) in [4.78, 5) is 26.0. The Morgan fingerprint density at radius 1 is 1.31 bits per heavy atom. The summed E-state index contributed by atoms with van der Waals surface area (Å²) in [6, 6.07) is 6.72. The predicted octanol–water partition coefficient (Wildman–Crippen LogP) is 1.77. The molecular weight excluding hydrogens is 206 g/mol. The number of carbonyl (C=O) groups excluding carboxylic acids is 2. The molecule has 16 heavy (non-hydrogen) atoms. The molecule has 0 spiro atoms. The third kappa shape index (κ3) is 1.54. The maximum absolute atomic E-state index is 11.8. The van der Waals surface area contributed by atoms with Crippen molar-refractivity contribution in [3.63, 3.8) is 0 Å². The van der Waals surface area contributed by atoms with Crippen LogP contribution in [0, 0.1) is 0 Å². The van der Waals surface area contributed by atoms with E-state index in [-0.39, 0.29) is 17.1 Å². The summed E-state index contributed by atoms with van der Waals surface area (Å²) in [5.41, 5.74) is 0.985. The molecule has 0 saturated heterocycles. The lowest BCUT2D eigenvalue weighted by Crippen LogP contribution is -2.00. The molecule has 0 bridgehead atoms. The second kappa shape index (κ2) is 3.73. The van der Waals surface area contributed by atoms with E-state index in [4.69, 9.17) is 0 Å². The van der Waals surface area contributed by atoms with Crippen LogP contribution in [0.1, 0.15) is 22.8 Å². The van der Waals surface area contributed by atoms with Crippen LogP contribution in [0.25, 0.3) is 5.76 Å². The number of Topliss-reactive ketones (excluding diaryl/α,β-unsaturated/α-hetero) is 1. The third-order valence-corrected chi connectivity index (χ3v) is 2.30. The van der Waals surface area contributed by atoms with Gasteiger partial charge in [-0.2, -0.15) is 0 Å². The first-order valence-corrected chi connectivity index (χ1v) is 4.73. The summed E-state index contributed by atoms with van der Waals surface area (Å²) in [6.07, 6.45) is 1.11. The molecule has 2 rings (SSSR count). The molecule has 4 nitrogen and oxygen atoms in total. The van der Waals surface area contributed by atoms with Gasteiger partial charge in [-0.05, 0) is 0 Å². The standard InChI is InChI=1S/C12H9NO3/c1-7(14)13-6-10-11(15)8-4-2-3-5-9(8)12(10)16/h2-6,15H,1H3. The van der Waals surface area contributed by atoms with Gasteiger partial charge >= 0.3 is 0 Å². The van der Waals surface area contributed by atoms with E-state index in [0.29, 0.717) is 11.1 Å². The van der Waals surface area contributed by atoms with E-state index in [9.17, 15) is 14.7 Å². The van der Waals surface area contributed by atoms with Crippen molar-refractivity contribution >= 4 is 23.7 Å². The maximum atomic E-state index is 11.8. The molecular formula is C12H9NO3. The molecule has 1 aliphatic carbocycles. The van der Waals surface area contributed by atoms with Gasteiger partial charge in [0.25, 0.3) is 0 Å². The minimum atomic E-state index is -0.413. The minimum Gasteiger partial charge on any atom is -0.506 e. The van der Waals surface area contributed by atoms with Crippen LogP contribution in [0.15, 0.2) is 34.8 Å². The average molecular weight is 215 g/mol. The number of nitrogens with zero attached hydrogens (tertiary/aromatic N) is 1. The summed E-state index contributed by atoms with van der Waals surface area (Å²) in [5, 5.41) is 9.78. The van der Waals surface area contributed by atoms with Crippen LogP contribution in [0.3, 0.4) is 0 Å². The maximum Gasteiger partial charge on any atom is 0.242 e. The Hall–Kier alpha value is -2.23. The van der Waals surface area contributed by atoms with Crippen LogP contribution < -0.4 is 0 Å². The Bertz CT molecular complexity index is 541. The van der Waals surface area contributed by atoms with Gasteiger partial charge in [0.05, 0.1) is 5.57 Å². The van der Waals surface area contributed by atoms with Gasteiger partial charge < -0.3 is 5.11 Å². The third-order valence-electron chi connectivity index (χ3n) is 2.30. The number of hydrogen-bond donors (Lipinski definition) is 1. The van der Waals surface area contributed by atoms with Crippen LogP contribution in [-0.4, -0.2) is 23.0 Å². The smallest absolute Gasteiger partial charge is 0.242 e. The summed E-state index contributed by atoms with van der Waals surface area (Å²) in [5.74, 6) is -0.840. The average Bonchev–Trinajstić information content (AvgIpc) is 2.50. The number of aliphatic hydroxyl groups is 1. The van der Waals surface area contributed by atoms with Crippen molar-refractivity contribution in [1.82, 2.24) is 0 Å². The lowest BCUT2D eigenvalue weighted by molar-refractivity contribution is -0.115. The Balaban J connectivity index is 2.48. The fourth-order valence-corrected chi connectivity index (χ4v) is 1.56. The van der Waals surface area contributed by atoms with Crippen LogP contribution in [0.2, 0.25) is 0 Å². The number of rotatable bonds is 1. The van der Waals surface area contributed by atoms with Gasteiger partial charge in [0.1, 0.15) is 5.76 Å². The zero-order valence-electron chi connectivity index (χ0n) is 8.60. The highest BCUT2D eigenvalue weighted by molar-refractivity contribution is 6.30. The fraction of sp³-hybridized carbons (Fsp3) is 0.0833. The van der Waals surface area contributed by atoms with Crippen molar-refractivity contribution in [2.45, 2.75) is 6.92 Å². The van der Waals surface area contributed by atoms with E-state index in [2.05, 4.69) is 4.99 Å². The largest absolute Gasteiger partial charge is 0.506 e. The van der Waals surface area contributed by atoms with E-state index in [0.717, 1.165) is 6.21 Å². The van der Waals surface area contributed by atoms with Crippen molar-refractivity contribution in [3.8, 4) is 0 Å². The molecule has 0 heterocycles. The molecule has 1 aliphatic rings. The highest BCUT2D eigenvalue weighted by Gasteiger charge is 2.27. The molecule has 1 amide bonds. The van der Waals surface area contributed by atoms with Gasteiger partial charge in [0.15, 0.2) is 5.78 Å². The van der Waals surface area contributed by atoms with Gasteiger partial charge in [-0.15, -0.1) is 0 Å². The molecule has 0 aromatic heterocycles. The van der Waals surface area contributed by atoms with Crippen LogP contribution >= 0.6 is 0 Å². The molecule has 0 radical (unpaired) electrons. The number of hydrogen-bond acceptors (Lipinski definition) is 3. The number of aliphatic hydroxyl groups excluding tert-OH is 1. The topological polar surface area (TPSA) is 66.7 Å². The van der Waals surface area contributed by atoms with E-state index in [1.807, 2.05) is 0 Å². The molecule has 4 heteroatoms. The number of allylic oxidation sites excluding steroid dienone is 1. The number of aliphatic imine (C=N–C) groups is 1. The Labute approximate surface area is 91.9 Å². The fourth-order valence-electron chi connectivity index (χ4n) is 1.56. The van der Waals surface area contributed by atoms with E-state index in [1.54, 1.807) is 24.3 Å². The van der Waals surface area contributed by atoms with Crippen molar-refractivity contribution in [1.29, 1.82) is 0 Å². The SMILES string of the molecule is CC(=O)N=CC1=C(O)c2ccccc2C1=O. The van der Waals surface area contributed by atoms with Crippen LogP contribution in [0.5, 0.6) is 0 Å². The molecule has 0 saturated carbocycles. The van der Waals surface area contributed by atoms with Crippen molar-refractivity contribution in [2.24, 2.45) is 4.99 Å². The molecule has 0 atom stereocenters. The van der Waals surface area contributed by atoms with E-state index >= 15 is 0 Å². The second-order valence-electron chi connectivity index (χ2n) is 3.41. The normalized spacial score (nSPS) is 14.7. The molecule has 80 valence electrons. The number of ketones is 1. The molecule has 1 aromatic carbocycles. The van der Waals surface area contributed by atoms with Crippen molar-refractivity contribution in [2.75, 3.05) is 0 Å². The van der Waals surface area contributed by atoms with Gasteiger partial charge in [0, 0.05) is 24.3 Å². The molecule has 1 aromatic rings. The summed E-state index contributed by atoms with van der Waals surface area (Å²) in [6.45, 7) is 1.28. The lowest BCUT2D eigenvalue weighted by Gasteiger charge is -1.95. The predicted molar refractivity (Wildman–Crippen MR) is 59.5 cm³/mol. The van der Waals surface area contributed by atoms with E-state index in [1.165, 1.54) is 6.92 Å². The highest BCUT2D eigenvalue weighted by Crippen LogP contribution is 2.29. The minimum absolute atomic E-state index is 0.0661. The Kier molecular flexibility index (Phi) is 2.40. The number of carbonyl (C=O) groups is 2. The van der Waals surface area contributed by atoms with Crippen molar-refractivity contribution in [3.05, 3.63) is 41.0 Å². The number of amides is 1. The Morgan fingerprint density at radius 3 is 2.50 bits per heavy atom. The lowest BCUT2D eigenvalue weighted by atomic mass is 10.1. The first kappa shape index (κ1) is 10.3. The van der Waals surface area contributed by atoms with Crippen LogP contribution in [-0.2, 0) is 4.79 Å². The van der Waals surface area contributed by atoms with Gasteiger partial charge in [-0.1, -0.05) is 24.3 Å². The molecule has 0 aliphatic heterocycles. The number of fused-ring (bicyclic) bond motifs is 1. The van der Waals surface area contributed by atoms with Crippen molar-refractivity contribution < 1.29 is 14.7 Å².